The predicted molar refractivity (Wildman–Crippen MR) is 58.0 cm³/mol. The highest BCUT2D eigenvalue weighted by atomic mass is 19.1. The standard InChI is InChI=1S/C12H10FNO3/c1-7-2-3-10(13)9(4-7)11-5-8(14-17-11)6-12(15)16/h2-5H,6H2,1H3,(H,15,16). The van der Waals surface area contributed by atoms with Gasteiger partial charge in [-0.25, -0.2) is 4.39 Å². The van der Waals surface area contributed by atoms with E-state index in [1.165, 1.54) is 12.1 Å². The molecule has 0 bridgehead atoms. The van der Waals surface area contributed by atoms with E-state index in [-0.39, 0.29) is 23.4 Å². The van der Waals surface area contributed by atoms with Crippen LogP contribution in [0.3, 0.4) is 0 Å². The molecule has 0 fully saturated rings. The zero-order valence-electron chi connectivity index (χ0n) is 9.11. The molecule has 0 aliphatic rings. The smallest absolute Gasteiger partial charge is 0.309 e. The predicted octanol–water partition coefficient (Wildman–Crippen LogP) is 2.42. The normalized spacial score (nSPS) is 10.5. The summed E-state index contributed by atoms with van der Waals surface area (Å²) in [4.78, 5) is 10.5. The number of aliphatic carboxylic acids is 1. The summed E-state index contributed by atoms with van der Waals surface area (Å²) in [6.07, 6.45) is -0.239. The van der Waals surface area contributed by atoms with Crippen LogP contribution in [0.1, 0.15) is 11.3 Å². The third kappa shape index (κ3) is 2.50. The molecule has 1 heterocycles. The molecule has 0 spiro atoms. The van der Waals surface area contributed by atoms with Gasteiger partial charge in [-0.3, -0.25) is 4.79 Å². The van der Waals surface area contributed by atoms with Crippen LogP contribution in [0.2, 0.25) is 0 Å². The van der Waals surface area contributed by atoms with Gasteiger partial charge in [0.2, 0.25) is 0 Å². The van der Waals surface area contributed by atoms with E-state index >= 15 is 0 Å². The number of nitrogens with zero attached hydrogens (tertiary/aromatic N) is 1. The molecule has 0 unspecified atom stereocenters. The van der Waals surface area contributed by atoms with E-state index in [0.717, 1.165) is 5.56 Å². The molecule has 4 nitrogen and oxygen atoms in total. The Balaban J connectivity index is 2.36. The number of rotatable bonds is 3. The van der Waals surface area contributed by atoms with Gasteiger partial charge in [0, 0.05) is 6.07 Å². The van der Waals surface area contributed by atoms with Crippen LogP contribution in [0, 0.1) is 12.7 Å². The van der Waals surface area contributed by atoms with E-state index in [1.54, 1.807) is 12.1 Å². The van der Waals surface area contributed by atoms with Crippen molar-refractivity contribution in [3.05, 3.63) is 41.3 Å². The minimum Gasteiger partial charge on any atom is -0.481 e. The Kier molecular flexibility index (Phi) is 2.91. The maximum atomic E-state index is 13.5. The van der Waals surface area contributed by atoms with Crippen LogP contribution in [0.5, 0.6) is 0 Å². The molecule has 1 aromatic carbocycles. The van der Waals surface area contributed by atoms with Gasteiger partial charge in [-0.1, -0.05) is 16.8 Å². The first-order valence-electron chi connectivity index (χ1n) is 5.00. The summed E-state index contributed by atoms with van der Waals surface area (Å²) in [7, 11) is 0. The molecule has 0 aliphatic heterocycles. The van der Waals surface area contributed by atoms with Gasteiger partial charge in [-0.05, 0) is 19.1 Å². The molecule has 0 aliphatic carbocycles. The molecule has 0 atom stereocenters. The van der Waals surface area contributed by atoms with E-state index in [4.69, 9.17) is 9.63 Å². The highest BCUT2D eigenvalue weighted by molar-refractivity contribution is 5.70. The van der Waals surface area contributed by atoms with Gasteiger partial charge in [-0.2, -0.15) is 0 Å². The fourth-order valence-electron chi connectivity index (χ4n) is 1.50. The molecule has 2 rings (SSSR count). The van der Waals surface area contributed by atoms with Crippen molar-refractivity contribution in [1.29, 1.82) is 0 Å². The number of hydrogen-bond donors (Lipinski definition) is 1. The highest BCUT2D eigenvalue weighted by Crippen LogP contribution is 2.24. The fraction of sp³-hybridized carbons (Fsp3) is 0.167. The zero-order chi connectivity index (χ0) is 12.4. The van der Waals surface area contributed by atoms with Crippen molar-refractivity contribution in [3.8, 4) is 11.3 Å². The summed E-state index contributed by atoms with van der Waals surface area (Å²) >= 11 is 0. The Labute approximate surface area is 96.7 Å². The van der Waals surface area contributed by atoms with E-state index in [0.29, 0.717) is 0 Å². The molecule has 5 heteroatoms. The van der Waals surface area contributed by atoms with Crippen LogP contribution in [-0.2, 0) is 11.2 Å². The lowest BCUT2D eigenvalue weighted by Crippen LogP contribution is -1.99. The lowest BCUT2D eigenvalue weighted by atomic mass is 10.1. The fourth-order valence-corrected chi connectivity index (χ4v) is 1.50. The van der Waals surface area contributed by atoms with Crippen LogP contribution in [0.25, 0.3) is 11.3 Å². The molecule has 0 saturated carbocycles. The van der Waals surface area contributed by atoms with Gasteiger partial charge in [0.25, 0.3) is 0 Å². The molecule has 0 saturated heterocycles. The Hall–Kier alpha value is -2.17. The van der Waals surface area contributed by atoms with Crippen molar-refractivity contribution in [1.82, 2.24) is 5.16 Å². The molecular weight excluding hydrogens is 225 g/mol. The van der Waals surface area contributed by atoms with Crippen LogP contribution in [0.4, 0.5) is 4.39 Å². The van der Waals surface area contributed by atoms with Crippen molar-refractivity contribution in [2.75, 3.05) is 0 Å². The number of halogens is 1. The van der Waals surface area contributed by atoms with E-state index < -0.39 is 11.8 Å². The minimum atomic E-state index is -1.01. The van der Waals surface area contributed by atoms with Crippen molar-refractivity contribution < 1.29 is 18.8 Å². The second kappa shape index (κ2) is 4.37. The molecule has 1 N–H and O–H groups in total. The highest BCUT2D eigenvalue weighted by Gasteiger charge is 2.13. The largest absolute Gasteiger partial charge is 0.481 e. The Morgan fingerprint density at radius 3 is 2.94 bits per heavy atom. The lowest BCUT2D eigenvalue weighted by molar-refractivity contribution is -0.136. The van der Waals surface area contributed by atoms with Crippen molar-refractivity contribution in [2.24, 2.45) is 0 Å². The summed E-state index contributed by atoms with van der Waals surface area (Å²) in [5, 5.41) is 12.2. The van der Waals surface area contributed by atoms with Crippen molar-refractivity contribution >= 4 is 5.97 Å². The molecule has 2 aromatic rings. The van der Waals surface area contributed by atoms with Gasteiger partial charge in [0.15, 0.2) is 5.76 Å². The molecule has 1 aromatic heterocycles. The number of carbonyl (C=O) groups is 1. The van der Waals surface area contributed by atoms with Crippen LogP contribution < -0.4 is 0 Å². The molecule has 0 amide bonds. The van der Waals surface area contributed by atoms with Gasteiger partial charge in [0.1, 0.15) is 5.82 Å². The Morgan fingerprint density at radius 2 is 2.24 bits per heavy atom. The first kappa shape index (κ1) is 11.3. The maximum absolute atomic E-state index is 13.5. The first-order valence-corrected chi connectivity index (χ1v) is 5.00. The average Bonchev–Trinajstić information content (AvgIpc) is 2.69. The number of benzene rings is 1. The van der Waals surface area contributed by atoms with Gasteiger partial charge in [-0.15, -0.1) is 0 Å². The number of aromatic nitrogens is 1. The molecule has 88 valence electrons. The topological polar surface area (TPSA) is 63.3 Å². The summed E-state index contributed by atoms with van der Waals surface area (Å²) < 4.78 is 18.5. The SMILES string of the molecule is Cc1ccc(F)c(-c2cc(CC(=O)O)no2)c1. The van der Waals surface area contributed by atoms with Crippen LogP contribution in [-0.4, -0.2) is 16.2 Å². The summed E-state index contributed by atoms with van der Waals surface area (Å²) in [5.74, 6) is -1.19. The number of carboxylic acids is 1. The number of aryl methyl sites for hydroxylation is 1. The van der Waals surface area contributed by atoms with Crippen molar-refractivity contribution in [2.45, 2.75) is 13.3 Å². The van der Waals surface area contributed by atoms with E-state index in [9.17, 15) is 9.18 Å². The zero-order valence-corrected chi connectivity index (χ0v) is 9.11. The minimum absolute atomic E-state index is 0.238. The Morgan fingerprint density at radius 1 is 1.47 bits per heavy atom. The van der Waals surface area contributed by atoms with Crippen LogP contribution in [0.15, 0.2) is 28.8 Å². The quantitative estimate of drug-likeness (QED) is 0.887. The van der Waals surface area contributed by atoms with E-state index in [1.807, 2.05) is 6.92 Å². The molecule has 17 heavy (non-hydrogen) atoms. The molecular formula is C12H10FNO3. The van der Waals surface area contributed by atoms with E-state index in [2.05, 4.69) is 5.16 Å². The third-order valence-electron chi connectivity index (χ3n) is 2.28. The third-order valence-corrected chi connectivity index (χ3v) is 2.28. The summed E-state index contributed by atoms with van der Waals surface area (Å²) in [6.45, 7) is 1.83. The lowest BCUT2D eigenvalue weighted by Gasteiger charge is -1.99. The summed E-state index contributed by atoms with van der Waals surface area (Å²) in [6, 6.07) is 6.05. The van der Waals surface area contributed by atoms with Crippen molar-refractivity contribution in [3.63, 3.8) is 0 Å². The Bertz CT molecular complexity index is 563. The van der Waals surface area contributed by atoms with Gasteiger partial charge in [0.05, 0.1) is 17.7 Å². The summed E-state index contributed by atoms with van der Waals surface area (Å²) in [5.41, 5.74) is 1.44. The van der Waals surface area contributed by atoms with Gasteiger partial charge < -0.3 is 9.63 Å². The van der Waals surface area contributed by atoms with Crippen LogP contribution >= 0.6 is 0 Å². The van der Waals surface area contributed by atoms with Gasteiger partial charge >= 0.3 is 5.97 Å². The maximum Gasteiger partial charge on any atom is 0.309 e. The second-order valence-corrected chi connectivity index (χ2v) is 3.74. The second-order valence-electron chi connectivity index (χ2n) is 3.74. The average molecular weight is 235 g/mol. The number of carboxylic acid groups (broad SMARTS) is 1. The first-order chi connectivity index (χ1) is 8.06. The number of hydrogen-bond acceptors (Lipinski definition) is 3. The molecule has 0 radical (unpaired) electrons. The monoisotopic (exact) mass is 235 g/mol.